The summed E-state index contributed by atoms with van der Waals surface area (Å²) in [6.07, 6.45) is 3.85. The van der Waals surface area contributed by atoms with Crippen LogP contribution in [0.2, 0.25) is 0 Å². The third-order valence-corrected chi connectivity index (χ3v) is 5.70. The van der Waals surface area contributed by atoms with Crippen LogP contribution in [0.4, 0.5) is 5.95 Å². The monoisotopic (exact) mass is 398 g/mol. The molecule has 0 amide bonds. The molecule has 4 rings (SSSR count). The van der Waals surface area contributed by atoms with E-state index in [1.807, 2.05) is 13.8 Å². The van der Waals surface area contributed by atoms with Gasteiger partial charge >= 0.3 is 5.97 Å². The highest BCUT2D eigenvalue weighted by molar-refractivity contribution is 7.11. The number of nitrogens with zero attached hydrogens (tertiary/aromatic N) is 4. The second-order valence-electron chi connectivity index (χ2n) is 7.38. The van der Waals surface area contributed by atoms with E-state index in [2.05, 4.69) is 25.1 Å². The minimum atomic E-state index is -0.925. The number of nitrogens with two attached hydrogens (primary N) is 1. The van der Waals surface area contributed by atoms with Crippen LogP contribution in [0.15, 0.2) is 12.4 Å². The molecular formula is C18H18N6O3S. The number of aliphatic carboxylic acids is 1. The summed E-state index contributed by atoms with van der Waals surface area (Å²) >= 11 is 1.23. The van der Waals surface area contributed by atoms with Crippen LogP contribution in [0.5, 0.6) is 0 Å². The van der Waals surface area contributed by atoms with E-state index in [-0.39, 0.29) is 30.0 Å². The largest absolute Gasteiger partial charge is 0.481 e. The van der Waals surface area contributed by atoms with Gasteiger partial charge in [0, 0.05) is 22.8 Å². The summed E-state index contributed by atoms with van der Waals surface area (Å²) in [4.78, 5) is 37.0. The van der Waals surface area contributed by atoms with Crippen molar-refractivity contribution >= 4 is 29.0 Å². The highest BCUT2D eigenvalue weighted by Crippen LogP contribution is 2.42. The molecule has 3 heterocycles. The number of aromatic amines is 1. The number of fused-ring (bicyclic) bond motifs is 3. The predicted octanol–water partition coefficient (Wildman–Crippen LogP) is 1.79. The first-order valence-corrected chi connectivity index (χ1v) is 9.45. The average Bonchev–Trinajstić information content (AvgIpc) is 3.22. The minimum Gasteiger partial charge on any atom is -0.481 e. The number of aromatic nitrogens is 5. The van der Waals surface area contributed by atoms with Crippen molar-refractivity contribution in [3.8, 4) is 11.4 Å². The number of anilines is 1. The molecule has 3 aromatic rings. The van der Waals surface area contributed by atoms with Gasteiger partial charge in [-0.05, 0) is 17.4 Å². The Labute approximate surface area is 164 Å². The zero-order chi connectivity index (χ0) is 20.1. The maximum Gasteiger partial charge on any atom is 0.308 e. The quantitative estimate of drug-likeness (QED) is 0.551. The molecule has 1 aliphatic rings. The molecule has 144 valence electrons. The van der Waals surface area contributed by atoms with Crippen molar-refractivity contribution in [2.45, 2.75) is 38.5 Å². The summed E-state index contributed by atoms with van der Waals surface area (Å²) in [5.74, 6) is -0.914. The highest BCUT2D eigenvalue weighted by Gasteiger charge is 2.38. The number of carbonyl (C=O) groups excluding carboxylic acids is 1. The first-order chi connectivity index (χ1) is 13.2. The van der Waals surface area contributed by atoms with Gasteiger partial charge in [-0.2, -0.15) is 5.10 Å². The van der Waals surface area contributed by atoms with Crippen LogP contribution in [0, 0.1) is 0 Å². The molecule has 4 N–H and O–H groups in total. The van der Waals surface area contributed by atoms with Gasteiger partial charge in [-0.25, -0.2) is 15.0 Å². The first kappa shape index (κ1) is 18.2. The topological polar surface area (TPSA) is 148 Å². The Balaban J connectivity index is 1.68. The van der Waals surface area contributed by atoms with Gasteiger partial charge in [0.05, 0.1) is 18.5 Å². The van der Waals surface area contributed by atoms with Crippen molar-refractivity contribution in [2.75, 3.05) is 5.73 Å². The summed E-state index contributed by atoms with van der Waals surface area (Å²) in [6.45, 7) is 4.09. The molecule has 0 saturated carbocycles. The van der Waals surface area contributed by atoms with Gasteiger partial charge < -0.3 is 10.8 Å². The Kier molecular flexibility index (Phi) is 4.22. The molecule has 3 aromatic heterocycles. The second kappa shape index (κ2) is 6.48. The Bertz CT molecular complexity index is 1100. The zero-order valence-corrected chi connectivity index (χ0v) is 16.1. The number of hydrogen-bond acceptors (Lipinski definition) is 8. The number of carboxylic acid groups (broad SMARTS) is 1. The molecule has 28 heavy (non-hydrogen) atoms. The van der Waals surface area contributed by atoms with E-state index in [0.717, 1.165) is 11.1 Å². The van der Waals surface area contributed by atoms with Crippen molar-refractivity contribution in [1.29, 1.82) is 0 Å². The average molecular weight is 398 g/mol. The molecule has 1 aliphatic carbocycles. The minimum absolute atomic E-state index is 0.0772. The van der Waals surface area contributed by atoms with Crippen molar-refractivity contribution in [2.24, 2.45) is 0 Å². The van der Waals surface area contributed by atoms with E-state index in [9.17, 15) is 9.59 Å². The summed E-state index contributed by atoms with van der Waals surface area (Å²) < 4.78 is 0. The van der Waals surface area contributed by atoms with E-state index in [0.29, 0.717) is 33.4 Å². The molecule has 0 aliphatic heterocycles. The number of Topliss-reactive ketones (excluding diaryl/α,β-unsaturated/α-hetero) is 1. The van der Waals surface area contributed by atoms with Crippen molar-refractivity contribution in [3.63, 3.8) is 0 Å². The fraction of sp³-hybridized carbons (Fsp3) is 0.333. The number of H-pyrrole nitrogens is 1. The Morgan fingerprint density at radius 3 is 2.79 bits per heavy atom. The lowest BCUT2D eigenvalue weighted by Crippen LogP contribution is -2.28. The lowest BCUT2D eigenvalue weighted by atomic mass is 9.73. The van der Waals surface area contributed by atoms with Gasteiger partial charge in [-0.3, -0.25) is 14.7 Å². The highest BCUT2D eigenvalue weighted by atomic mass is 32.1. The van der Waals surface area contributed by atoms with Gasteiger partial charge in [0.2, 0.25) is 5.95 Å². The Morgan fingerprint density at radius 1 is 1.25 bits per heavy atom. The summed E-state index contributed by atoms with van der Waals surface area (Å²) in [7, 11) is 0. The first-order valence-electron chi connectivity index (χ1n) is 8.64. The number of carboxylic acids is 1. The van der Waals surface area contributed by atoms with Crippen LogP contribution in [0.1, 0.15) is 45.3 Å². The number of thiazole rings is 1. The fourth-order valence-corrected chi connectivity index (χ4v) is 4.49. The SMILES string of the molecule is CC1(C)Cc2cnc(N)nc2-c2n[nH]c(C(=O)Cc3ncc(CC(=O)O)s3)c21. The third kappa shape index (κ3) is 3.15. The van der Waals surface area contributed by atoms with E-state index in [1.165, 1.54) is 17.5 Å². The number of nitrogens with one attached hydrogen (secondary N) is 1. The summed E-state index contributed by atoms with van der Waals surface area (Å²) in [5, 5.41) is 16.7. The molecule has 0 atom stereocenters. The van der Waals surface area contributed by atoms with Crippen molar-refractivity contribution < 1.29 is 14.7 Å². The Hall–Kier alpha value is -3.14. The van der Waals surface area contributed by atoms with Gasteiger partial charge in [0.15, 0.2) is 5.78 Å². The third-order valence-electron chi connectivity index (χ3n) is 4.70. The number of rotatable bonds is 5. The molecule has 0 saturated heterocycles. The molecular weight excluding hydrogens is 380 g/mol. The van der Waals surface area contributed by atoms with Gasteiger partial charge in [-0.1, -0.05) is 13.8 Å². The number of carbonyl (C=O) groups is 2. The standard InChI is InChI=1S/C18H18N6O3S/c1-18(2)5-8-6-21-17(19)22-14(8)16-13(18)15(23-24-16)10(25)4-11-20-7-9(28-11)3-12(26)27/h6-7H,3-5H2,1-2H3,(H,23,24)(H,26,27)(H2,19,21,22). The van der Waals surface area contributed by atoms with Crippen LogP contribution in [-0.2, 0) is 29.5 Å². The van der Waals surface area contributed by atoms with Crippen LogP contribution in [0.3, 0.4) is 0 Å². The van der Waals surface area contributed by atoms with E-state index >= 15 is 0 Å². The number of nitrogen functional groups attached to an aromatic ring is 1. The van der Waals surface area contributed by atoms with Crippen LogP contribution < -0.4 is 5.73 Å². The van der Waals surface area contributed by atoms with Crippen LogP contribution >= 0.6 is 11.3 Å². The molecule has 10 heteroatoms. The smallest absolute Gasteiger partial charge is 0.308 e. The molecule has 0 spiro atoms. The number of hydrogen-bond donors (Lipinski definition) is 3. The van der Waals surface area contributed by atoms with Gasteiger partial charge in [0.1, 0.15) is 16.4 Å². The van der Waals surface area contributed by atoms with E-state index in [1.54, 1.807) is 6.20 Å². The van der Waals surface area contributed by atoms with E-state index in [4.69, 9.17) is 10.8 Å². The number of ketones is 1. The van der Waals surface area contributed by atoms with Crippen molar-refractivity contribution in [1.82, 2.24) is 25.1 Å². The second-order valence-corrected chi connectivity index (χ2v) is 8.58. The summed E-state index contributed by atoms with van der Waals surface area (Å²) in [6, 6.07) is 0. The molecule has 0 aromatic carbocycles. The van der Waals surface area contributed by atoms with Crippen molar-refractivity contribution in [3.05, 3.63) is 39.1 Å². The maximum atomic E-state index is 13.0. The lowest BCUT2D eigenvalue weighted by molar-refractivity contribution is -0.136. The zero-order valence-electron chi connectivity index (χ0n) is 15.3. The summed E-state index contributed by atoms with van der Waals surface area (Å²) in [5.41, 5.74) is 8.85. The molecule has 0 fully saturated rings. The Morgan fingerprint density at radius 2 is 2.04 bits per heavy atom. The predicted molar refractivity (Wildman–Crippen MR) is 102 cm³/mol. The molecule has 0 unspecified atom stereocenters. The molecule has 0 radical (unpaired) electrons. The normalized spacial score (nSPS) is 14.4. The maximum absolute atomic E-state index is 13.0. The van der Waals surface area contributed by atoms with Crippen LogP contribution in [-0.4, -0.2) is 42.0 Å². The van der Waals surface area contributed by atoms with E-state index < -0.39 is 5.97 Å². The fourth-order valence-electron chi connectivity index (χ4n) is 3.58. The molecule has 9 nitrogen and oxygen atoms in total. The van der Waals surface area contributed by atoms with Gasteiger partial charge in [-0.15, -0.1) is 11.3 Å². The lowest BCUT2D eigenvalue weighted by Gasteiger charge is -2.30. The van der Waals surface area contributed by atoms with Crippen LogP contribution in [0.25, 0.3) is 11.4 Å². The molecule has 0 bridgehead atoms. The van der Waals surface area contributed by atoms with Gasteiger partial charge in [0.25, 0.3) is 0 Å².